The third-order valence-electron chi connectivity index (χ3n) is 2.69. The van der Waals surface area contributed by atoms with Gasteiger partial charge in [-0.2, -0.15) is 11.8 Å². The maximum Gasteiger partial charge on any atom is 0.179 e. The fourth-order valence-corrected chi connectivity index (χ4v) is 2.86. The van der Waals surface area contributed by atoms with Crippen molar-refractivity contribution in [2.24, 2.45) is 0 Å². The van der Waals surface area contributed by atoms with Crippen LogP contribution in [-0.2, 0) is 6.54 Å². The van der Waals surface area contributed by atoms with Crippen LogP contribution in [0.25, 0.3) is 0 Å². The Morgan fingerprint density at radius 2 is 2.05 bits per heavy atom. The van der Waals surface area contributed by atoms with Gasteiger partial charge in [0.25, 0.3) is 0 Å². The Morgan fingerprint density at radius 1 is 1.25 bits per heavy atom. The van der Waals surface area contributed by atoms with Crippen LogP contribution in [0.5, 0.6) is 11.5 Å². The summed E-state index contributed by atoms with van der Waals surface area (Å²) >= 11 is 7.99. The molecule has 0 aromatic heterocycles. The van der Waals surface area contributed by atoms with Crippen molar-refractivity contribution in [1.82, 2.24) is 5.32 Å². The van der Waals surface area contributed by atoms with Gasteiger partial charge in [0.15, 0.2) is 11.5 Å². The Kier molecular flexibility index (Phi) is 8.85. The van der Waals surface area contributed by atoms with E-state index in [9.17, 15) is 0 Å². The minimum absolute atomic E-state index is 0.268. The van der Waals surface area contributed by atoms with Gasteiger partial charge in [-0.05, 0) is 29.9 Å². The summed E-state index contributed by atoms with van der Waals surface area (Å²) in [7, 11) is 3.18. The molecule has 0 unspecified atom stereocenters. The number of ether oxygens (including phenoxy) is 2. The summed E-state index contributed by atoms with van der Waals surface area (Å²) in [6, 6.07) is 3.81. The molecule has 0 heterocycles. The van der Waals surface area contributed by atoms with Gasteiger partial charge in [-0.15, -0.1) is 0 Å². The number of benzene rings is 1. The van der Waals surface area contributed by atoms with Crippen LogP contribution in [-0.4, -0.2) is 44.0 Å². The van der Waals surface area contributed by atoms with Crippen LogP contribution in [0, 0.1) is 0 Å². The molecule has 0 aliphatic heterocycles. The lowest BCUT2D eigenvalue weighted by atomic mass is 10.2. The molecule has 20 heavy (non-hydrogen) atoms. The molecule has 1 aromatic rings. The number of rotatable bonds is 10. The molecule has 6 heteroatoms. The summed E-state index contributed by atoms with van der Waals surface area (Å²) in [6.07, 6.45) is 0.857. The van der Waals surface area contributed by atoms with Gasteiger partial charge in [-0.1, -0.05) is 11.6 Å². The molecular formula is C14H22ClNO3S. The first-order chi connectivity index (χ1) is 9.72. The van der Waals surface area contributed by atoms with Gasteiger partial charge >= 0.3 is 0 Å². The molecule has 1 rings (SSSR count). The molecule has 0 aliphatic carbocycles. The SMILES string of the molecule is COc1cc(CNCCSCCCO)cc(Cl)c1OC. The summed E-state index contributed by atoms with van der Waals surface area (Å²) in [5.74, 6) is 3.24. The molecule has 2 N–H and O–H groups in total. The van der Waals surface area contributed by atoms with Crippen molar-refractivity contribution in [3.05, 3.63) is 22.7 Å². The number of aliphatic hydroxyl groups is 1. The highest BCUT2D eigenvalue weighted by Crippen LogP contribution is 2.35. The summed E-state index contributed by atoms with van der Waals surface area (Å²) in [5.41, 5.74) is 1.06. The quantitative estimate of drug-likeness (QED) is 0.649. The third kappa shape index (κ3) is 5.79. The molecule has 114 valence electrons. The van der Waals surface area contributed by atoms with Crippen LogP contribution >= 0.6 is 23.4 Å². The summed E-state index contributed by atoms with van der Waals surface area (Å²) in [4.78, 5) is 0. The molecule has 0 bridgehead atoms. The number of methoxy groups -OCH3 is 2. The summed E-state index contributed by atoms with van der Waals surface area (Å²) in [6.45, 7) is 1.92. The fourth-order valence-electron chi connectivity index (χ4n) is 1.72. The Labute approximate surface area is 129 Å². The normalized spacial score (nSPS) is 10.6. The predicted octanol–water partition coefficient (Wildman–Crippen LogP) is 2.56. The van der Waals surface area contributed by atoms with Gasteiger partial charge < -0.3 is 19.9 Å². The molecule has 0 spiro atoms. The van der Waals surface area contributed by atoms with Crippen molar-refractivity contribution in [1.29, 1.82) is 0 Å². The number of halogens is 1. The van der Waals surface area contributed by atoms with Gasteiger partial charge in [-0.25, -0.2) is 0 Å². The van der Waals surface area contributed by atoms with E-state index in [0.717, 1.165) is 36.6 Å². The number of nitrogens with one attached hydrogen (secondary N) is 1. The zero-order chi connectivity index (χ0) is 14.8. The number of hydrogen-bond acceptors (Lipinski definition) is 5. The minimum atomic E-state index is 0.268. The van der Waals surface area contributed by atoms with Crippen LogP contribution in [0.2, 0.25) is 5.02 Å². The van der Waals surface area contributed by atoms with E-state index in [-0.39, 0.29) is 6.61 Å². The van der Waals surface area contributed by atoms with E-state index in [1.807, 2.05) is 23.9 Å². The number of aliphatic hydroxyl groups excluding tert-OH is 1. The Bertz CT molecular complexity index is 404. The highest BCUT2D eigenvalue weighted by molar-refractivity contribution is 7.99. The average Bonchev–Trinajstić information content (AvgIpc) is 2.45. The van der Waals surface area contributed by atoms with E-state index in [1.54, 1.807) is 14.2 Å². The second-order valence-corrected chi connectivity index (χ2v) is 5.81. The van der Waals surface area contributed by atoms with E-state index in [2.05, 4.69) is 5.32 Å². The molecule has 0 amide bonds. The molecule has 0 saturated heterocycles. The smallest absolute Gasteiger partial charge is 0.179 e. The second-order valence-electron chi connectivity index (χ2n) is 4.18. The molecular weight excluding hydrogens is 298 g/mol. The minimum Gasteiger partial charge on any atom is -0.493 e. The summed E-state index contributed by atoms with van der Waals surface area (Å²) in [5, 5.41) is 12.6. The number of thioether (sulfide) groups is 1. The molecule has 0 radical (unpaired) electrons. The van der Waals surface area contributed by atoms with Crippen molar-refractivity contribution < 1.29 is 14.6 Å². The number of hydrogen-bond donors (Lipinski definition) is 2. The Hall–Kier alpha value is -0.620. The van der Waals surface area contributed by atoms with Crippen molar-refractivity contribution >= 4 is 23.4 Å². The highest BCUT2D eigenvalue weighted by atomic mass is 35.5. The molecule has 0 saturated carbocycles. The monoisotopic (exact) mass is 319 g/mol. The van der Waals surface area contributed by atoms with Crippen LogP contribution in [0.15, 0.2) is 12.1 Å². The van der Waals surface area contributed by atoms with Crippen LogP contribution < -0.4 is 14.8 Å². The first-order valence-corrected chi connectivity index (χ1v) is 8.06. The van der Waals surface area contributed by atoms with E-state index in [4.69, 9.17) is 26.2 Å². The second kappa shape index (κ2) is 10.2. The zero-order valence-electron chi connectivity index (χ0n) is 11.9. The highest BCUT2D eigenvalue weighted by Gasteiger charge is 2.10. The molecule has 0 atom stereocenters. The van der Waals surface area contributed by atoms with Gasteiger partial charge in [0.05, 0.1) is 19.2 Å². The van der Waals surface area contributed by atoms with Gasteiger partial charge in [-0.3, -0.25) is 0 Å². The van der Waals surface area contributed by atoms with Crippen LogP contribution in [0.1, 0.15) is 12.0 Å². The van der Waals surface area contributed by atoms with Crippen molar-refractivity contribution in [2.45, 2.75) is 13.0 Å². The first-order valence-electron chi connectivity index (χ1n) is 6.52. The Balaban J connectivity index is 2.39. The molecule has 1 aromatic carbocycles. The average molecular weight is 320 g/mol. The lowest BCUT2D eigenvalue weighted by molar-refractivity contribution is 0.296. The molecule has 0 fully saturated rings. The largest absolute Gasteiger partial charge is 0.493 e. The predicted molar refractivity (Wildman–Crippen MR) is 85.3 cm³/mol. The maximum atomic E-state index is 8.67. The van der Waals surface area contributed by atoms with E-state index in [0.29, 0.717) is 16.5 Å². The maximum absolute atomic E-state index is 8.67. The van der Waals surface area contributed by atoms with Gasteiger partial charge in [0.1, 0.15) is 0 Å². The first kappa shape index (κ1) is 17.4. The van der Waals surface area contributed by atoms with Crippen molar-refractivity contribution in [2.75, 3.05) is 38.9 Å². The van der Waals surface area contributed by atoms with Gasteiger partial charge in [0, 0.05) is 25.4 Å². The topological polar surface area (TPSA) is 50.7 Å². The van der Waals surface area contributed by atoms with Crippen molar-refractivity contribution in [3.63, 3.8) is 0 Å². The lowest BCUT2D eigenvalue weighted by Gasteiger charge is -2.12. The lowest BCUT2D eigenvalue weighted by Crippen LogP contribution is -2.16. The van der Waals surface area contributed by atoms with Crippen LogP contribution in [0.4, 0.5) is 0 Å². The Morgan fingerprint density at radius 3 is 2.70 bits per heavy atom. The molecule has 4 nitrogen and oxygen atoms in total. The molecule has 0 aliphatic rings. The zero-order valence-corrected chi connectivity index (χ0v) is 13.5. The third-order valence-corrected chi connectivity index (χ3v) is 4.04. The van der Waals surface area contributed by atoms with E-state index >= 15 is 0 Å². The van der Waals surface area contributed by atoms with E-state index in [1.165, 1.54) is 0 Å². The summed E-state index contributed by atoms with van der Waals surface area (Å²) < 4.78 is 10.5. The van der Waals surface area contributed by atoms with Crippen LogP contribution in [0.3, 0.4) is 0 Å². The van der Waals surface area contributed by atoms with E-state index < -0.39 is 0 Å². The standard InChI is InChI=1S/C14H22ClNO3S/c1-18-13-9-11(8-12(15)14(13)19-2)10-16-4-7-20-6-3-5-17/h8-9,16-17H,3-7,10H2,1-2H3. The fraction of sp³-hybridized carbons (Fsp3) is 0.571. The van der Waals surface area contributed by atoms with Gasteiger partial charge in [0.2, 0.25) is 0 Å². The van der Waals surface area contributed by atoms with Crippen molar-refractivity contribution in [3.8, 4) is 11.5 Å².